The molecular weight excluding hydrogens is 302 g/mol. The van der Waals surface area contributed by atoms with Crippen molar-refractivity contribution in [3.63, 3.8) is 0 Å². The van der Waals surface area contributed by atoms with Crippen LogP contribution in [0.1, 0.15) is 11.1 Å². The van der Waals surface area contributed by atoms with Gasteiger partial charge in [0.2, 0.25) is 6.41 Å². The van der Waals surface area contributed by atoms with Crippen molar-refractivity contribution in [3.05, 3.63) is 58.6 Å². The minimum atomic E-state index is 0.628. The van der Waals surface area contributed by atoms with Crippen LogP contribution in [-0.4, -0.2) is 6.41 Å². The minimum Gasteiger partial charge on any atom is -0.278 e. The van der Waals surface area contributed by atoms with Gasteiger partial charge in [-0.1, -0.05) is 41.9 Å². The molecule has 0 saturated carbocycles. The zero-order valence-electron chi connectivity index (χ0n) is 11.8. The molecule has 0 fully saturated rings. The van der Waals surface area contributed by atoms with Gasteiger partial charge in [-0.05, 0) is 37.1 Å². The summed E-state index contributed by atoms with van der Waals surface area (Å²) in [6.45, 7) is 4.00. The molecule has 0 unspecified atom stereocenters. The Morgan fingerprint density at radius 1 is 1.14 bits per heavy atom. The van der Waals surface area contributed by atoms with E-state index in [9.17, 15) is 4.79 Å². The van der Waals surface area contributed by atoms with E-state index in [2.05, 4.69) is 0 Å². The molecule has 1 aromatic heterocycles. The largest absolute Gasteiger partial charge is 0.278 e. The quantitative estimate of drug-likeness (QED) is 0.587. The lowest BCUT2D eigenvalue weighted by atomic mass is 10.1. The second-order valence-corrected chi connectivity index (χ2v) is 6.39. The molecule has 106 valence electrons. The van der Waals surface area contributed by atoms with Crippen LogP contribution in [0, 0.1) is 13.8 Å². The van der Waals surface area contributed by atoms with E-state index in [1.54, 1.807) is 4.90 Å². The lowest BCUT2D eigenvalue weighted by Gasteiger charge is -2.19. The van der Waals surface area contributed by atoms with E-state index in [4.69, 9.17) is 11.6 Å². The third kappa shape index (κ3) is 2.43. The molecule has 3 rings (SSSR count). The van der Waals surface area contributed by atoms with Crippen molar-refractivity contribution in [2.45, 2.75) is 13.8 Å². The van der Waals surface area contributed by atoms with Crippen molar-refractivity contribution in [2.75, 3.05) is 4.90 Å². The van der Waals surface area contributed by atoms with Crippen molar-refractivity contribution in [1.82, 2.24) is 0 Å². The van der Waals surface area contributed by atoms with Crippen LogP contribution < -0.4 is 4.90 Å². The zero-order valence-corrected chi connectivity index (χ0v) is 13.3. The molecule has 0 radical (unpaired) electrons. The molecule has 21 heavy (non-hydrogen) atoms. The number of amides is 1. The Bertz CT molecular complexity index is 825. The number of carbonyl (C=O) groups excluding carboxylic acids is 1. The maximum Gasteiger partial charge on any atom is 0.219 e. The Balaban J connectivity index is 2.20. The Labute approximate surface area is 132 Å². The number of halogens is 1. The van der Waals surface area contributed by atoms with Gasteiger partial charge in [0.05, 0.1) is 10.7 Å². The molecule has 0 atom stereocenters. The second kappa shape index (κ2) is 5.51. The highest BCUT2D eigenvalue weighted by Gasteiger charge is 2.19. The van der Waals surface area contributed by atoms with E-state index in [0.29, 0.717) is 5.02 Å². The zero-order chi connectivity index (χ0) is 15.0. The van der Waals surface area contributed by atoms with Gasteiger partial charge in [0.15, 0.2) is 0 Å². The monoisotopic (exact) mass is 315 g/mol. The average molecular weight is 316 g/mol. The van der Waals surface area contributed by atoms with E-state index in [1.165, 1.54) is 11.3 Å². The van der Waals surface area contributed by atoms with Gasteiger partial charge >= 0.3 is 0 Å². The molecule has 0 N–H and O–H groups in total. The first-order valence-electron chi connectivity index (χ1n) is 6.60. The number of hydrogen-bond acceptors (Lipinski definition) is 2. The molecule has 0 spiro atoms. The number of rotatable bonds is 3. The summed E-state index contributed by atoms with van der Waals surface area (Å²) in [5.74, 6) is 0. The summed E-state index contributed by atoms with van der Waals surface area (Å²) in [5.41, 5.74) is 3.03. The molecule has 0 aliphatic carbocycles. The van der Waals surface area contributed by atoms with Crippen LogP contribution in [0.5, 0.6) is 0 Å². The number of aryl methyl sites for hydroxylation is 2. The topological polar surface area (TPSA) is 20.3 Å². The van der Waals surface area contributed by atoms with Crippen molar-refractivity contribution >= 4 is 50.1 Å². The van der Waals surface area contributed by atoms with E-state index in [-0.39, 0.29) is 0 Å². The summed E-state index contributed by atoms with van der Waals surface area (Å²) in [4.78, 5) is 13.3. The lowest BCUT2D eigenvalue weighted by molar-refractivity contribution is -0.106. The first kappa shape index (κ1) is 14.1. The number of fused-ring (bicyclic) bond motifs is 1. The van der Waals surface area contributed by atoms with Crippen molar-refractivity contribution in [2.24, 2.45) is 0 Å². The number of benzene rings is 2. The maximum absolute atomic E-state index is 11.7. The van der Waals surface area contributed by atoms with Gasteiger partial charge in [0.25, 0.3) is 0 Å². The molecule has 0 bridgehead atoms. The van der Waals surface area contributed by atoms with Crippen LogP contribution in [0.4, 0.5) is 10.7 Å². The molecule has 2 nitrogen and oxygen atoms in total. The number of thiophene rings is 1. The van der Waals surface area contributed by atoms with Gasteiger partial charge in [0, 0.05) is 10.1 Å². The first-order chi connectivity index (χ1) is 10.1. The van der Waals surface area contributed by atoms with Crippen LogP contribution in [0.3, 0.4) is 0 Å². The van der Waals surface area contributed by atoms with Gasteiger partial charge in [-0.15, -0.1) is 11.3 Å². The fraction of sp³-hybridized carbons (Fsp3) is 0.118. The summed E-state index contributed by atoms with van der Waals surface area (Å²) in [5, 5.41) is 2.38. The van der Waals surface area contributed by atoms with Gasteiger partial charge in [0.1, 0.15) is 5.00 Å². The van der Waals surface area contributed by atoms with Crippen LogP contribution in [0.25, 0.3) is 10.1 Å². The third-order valence-electron chi connectivity index (χ3n) is 3.47. The maximum atomic E-state index is 11.7. The van der Waals surface area contributed by atoms with Gasteiger partial charge in [-0.3, -0.25) is 9.69 Å². The Morgan fingerprint density at radius 3 is 2.62 bits per heavy atom. The predicted molar refractivity (Wildman–Crippen MR) is 91.0 cm³/mol. The van der Waals surface area contributed by atoms with Gasteiger partial charge in [-0.2, -0.15) is 0 Å². The fourth-order valence-electron chi connectivity index (χ4n) is 2.35. The molecule has 1 amide bonds. The first-order valence-corrected chi connectivity index (χ1v) is 7.80. The Morgan fingerprint density at radius 2 is 1.90 bits per heavy atom. The second-order valence-electron chi connectivity index (χ2n) is 4.98. The number of carbonyl (C=O) groups is 1. The molecule has 2 aromatic carbocycles. The molecule has 3 aromatic rings. The predicted octanol–water partition coefficient (Wildman–Crippen LogP) is 5.47. The van der Waals surface area contributed by atoms with E-state index in [0.717, 1.165) is 38.3 Å². The summed E-state index contributed by atoms with van der Waals surface area (Å²) < 4.78 is 1.08. The molecule has 0 saturated heterocycles. The molecule has 0 aliphatic heterocycles. The third-order valence-corrected chi connectivity index (χ3v) is 5.13. The molecule has 0 aliphatic rings. The summed E-state index contributed by atoms with van der Waals surface area (Å²) in [6.07, 6.45) is 0.832. The summed E-state index contributed by atoms with van der Waals surface area (Å²) in [7, 11) is 0. The number of hydrogen-bond donors (Lipinski definition) is 0. The standard InChI is InChI=1S/C17H14ClNOS/c1-11-7-8-12(2)14(9-11)19(10-20)17-16(18)13-5-3-4-6-15(13)21-17/h3-10H,1-2H3. The highest BCUT2D eigenvalue weighted by Crippen LogP contribution is 2.44. The minimum absolute atomic E-state index is 0.628. The molecular formula is C17H14ClNOS. The molecule has 1 heterocycles. The van der Waals surface area contributed by atoms with Crippen molar-refractivity contribution in [1.29, 1.82) is 0 Å². The smallest absolute Gasteiger partial charge is 0.219 e. The Kier molecular flexibility index (Phi) is 3.70. The summed E-state index contributed by atoms with van der Waals surface area (Å²) in [6, 6.07) is 14.0. The van der Waals surface area contributed by atoms with Crippen molar-refractivity contribution < 1.29 is 4.79 Å². The molecule has 4 heteroatoms. The number of nitrogens with zero attached hydrogens (tertiary/aromatic N) is 1. The SMILES string of the molecule is Cc1ccc(C)c(N(C=O)c2sc3ccccc3c2Cl)c1. The lowest BCUT2D eigenvalue weighted by Crippen LogP contribution is -2.14. The van der Waals surface area contributed by atoms with E-state index < -0.39 is 0 Å². The van der Waals surface area contributed by atoms with Crippen LogP contribution in [-0.2, 0) is 4.79 Å². The summed E-state index contributed by atoms with van der Waals surface area (Å²) >= 11 is 8.01. The van der Waals surface area contributed by atoms with Crippen LogP contribution in [0.15, 0.2) is 42.5 Å². The average Bonchev–Trinajstić information content (AvgIpc) is 2.81. The van der Waals surface area contributed by atoms with Crippen molar-refractivity contribution in [3.8, 4) is 0 Å². The van der Waals surface area contributed by atoms with E-state index in [1.807, 2.05) is 56.3 Å². The highest BCUT2D eigenvalue weighted by molar-refractivity contribution is 7.24. The van der Waals surface area contributed by atoms with Crippen LogP contribution >= 0.6 is 22.9 Å². The van der Waals surface area contributed by atoms with Gasteiger partial charge < -0.3 is 0 Å². The van der Waals surface area contributed by atoms with Gasteiger partial charge in [-0.25, -0.2) is 0 Å². The number of anilines is 2. The Hall–Kier alpha value is -1.84. The highest BCUT2D eigenvalue weighted by atomic mass is 35.5. The normalized spacial score (nSPS) is 10.8. The fourth-order valence-corrected chi connectivity index (χ4v) is 3.85. The van der Waals surface area contributed by atoms with E-state index >= 15 is 0 Å². The van der Waals surface area contributed by atoms with Crippen LogP contribution in [0.2, 0.25) is 5.02 Å².